The van der Waals surface area contributed by atoms with E-state index < -0.39 is 5.97 Å². The van der Waals surface area contributed by atoms with Crippen LogP contribution in [0.1, 0.15) is 37.7 Å². The first-order chi connectivity index (χ1) is 12.6. The normalized spacial score (nSPS) is 10.5. The topological polar surface area (TPSA) is 59.5 Å². The summed E-state index contributed by atoms with van der Waals surface area (Å²) in [4.78, 5) is 31.6. The van der Waals surface area contributed by atoms with Gasteiger partial charge in [0.15, 0.2) is 0 Å². The van der Waals surface area contributed by atoms with E-state index in [4.69, 9.17) is 4.74 Å². The minimum absolute atomic E-state index is 0.117. The molecular formula is C19H18N2O3S2. The molecule has 0 aliphatic rings. The number of benzene rings is 1. The van der Waals surface area contributed by atoms with E-state index in [2.05, 4.69) is 4.98 Å². The number of para-hydroxylation sites is 1. The summed E-state index contributed by atoms with van der Waals surface area (Å²) >= 11 is 2.92. The number of hydrogen-bond donors (Lipinski definition) is 0. The van der Waals surface area contributed by atoms with Crippen LogP contribution in [0.2, 0.25) is 0 Å². The van der Waals surface area contributed by atoms with Gasteiger partial charge in [-0.15, -0.1) is 22.7 Å². The molecule has 134 valence electrons. The van der Waals surface area contributed by atoms with Crippen molar-refractivity contribution in [2.45, 2.75) is 20.0 Å². The number of nitrogens with zero attached hydrogens (tertiary/aromatic N) is 2. The highest BCUT2D eigenvalue weighted by Crippen LogP contribution is 2.24. The first-order valence-electron chi connectivity index (χ1n) is 8.11. The molecule has 0 aliphatic heterocycles. The molecule has 2 heterocycles. The Morgan fingerprint density at radius 2 is 1.96 bits per heavy atom. The molecule has 1 aromatic carbocycles. The smallest absolute Gasteiger partial charge is 0.340 e. The number of hydrogen-bond acceptors (Lipinski definition) is 6. The van der Waals surface area contributed by atoms with Crippen molar-refractivity contribution in [2.75, 3.05) is 11.9 Å². The average Bonchev–Trinajstić information content (AvgIpc) is 3.36. The van der Waals surface area contributed by atoms with E-state index in [0.717, 1.165) is 17.1 Å². The first-order valence-corrected chi connectivity index (χ1v) is 9.87. The summed E-state index contributed by atoms with van der Waals surface area (Å²) in [7, 11) is 1.65. The Hall–Kier alpha value is -2.51. The van der Waals surface area contributed by atoms with Gasteiger partial charge in [0.25, 0.3) is 5.91 Å². The average molecular weight is 386 g/mol. The minimum atomic E-state index is -0.475. The van der Waals surface area contributed by atoms with Crippen molar-refractivity contribution in [3.05, 3.63) is 68.3 Å². The van der Waals surface area contributed by atoms with Gasteiger partial charge in [-0.1, -0.05) is 25.1 Å². The molecule has 0 fully saturated rings. The lowest BCUT2D eigenvalue weighted by molar-refractivity contribution is 0.0469. The fourth-order valence-corrected chi connectivity index (χ4v) is 3.84. The van der Waals surface area contributed by atoms with Crippen molar-refractivity contribution >= 4 is 40.2 Å². The van der Waals surface area contributed by atoms with Crippen LogP contribution in [0.5, 0.6) is 0 Å². The molecule has 0 spiro atoms. The van der Waals surface area contributed by atoms with E-state index in [9.17, 15) is 9.59 Å². The predicted octanol–water partition coefficient (Wildman–Crippen LogP) is 4.40. The van der Waals surface area contributed by atoms with E-state index in [0.29, 0.717) is 16.1 Å². The van der Waals surface area contributed by atoms with Gasteiger partial charge in [-0.25, -0.2) is 9.78 Å². The van der Waals surface area contributed by atoms with Crippen LogP contribution in [0.15, 0.2) is 47.2 Å². The van der Waals surface area contributed by atoms with Gasteiger partial charge in [0.2, 0.25) is 0 Å². The summed E-state index contributed by atoms with van der Waals surface area (Å²) in [5, 5.41) is 4.75. The first kappa shape index (κ1) is 18.3. The molecule has 5 nitrogen and oxygen atoms in total. The maximum Gasteiger partial charge on any atom is 0.340 e. The lowest BCUT2D eigenvalue weighted by atomic mass is 10.1. The number of aryl methyl sites for hydroxylation is 1. The van der Waals surface area contributed by atoms with Crippen molar-refractivity contribution in [1.29, 1.82) is 0 Å². The molecule has 0 aliphatic carbocycles. The van der Waals surface area contributed by atoms with Crippen LogP contribution in [0, 0.1) is 0 Å². The number of ether oxygens (including phenoxy) is 1. The van der Waals surface area contributed by atoms with Gasteiger partial charge in [0.1, 0.15) is 6.61 Å². The molecule has 0 saturated carbocycles. The second kappa shape index (κ2) is 8.25. The Kier molecular flexibility index (Phi) is 5.80. The second-order valence-corrected chi connectivity index (χ2v) is 7.41. The predicted molar refractivity (Wildman–Crippen MR) is 104 cm³/mol. The third-order valence-corrected chi connectivity index (χ3v) is 5.67. The standard InChI is InChI=1S/C19H18N2O3S2/c1-3-17-20-13(12-26-17)11-24-19(23)14-7-4-5-8-15(14)21(2)18(22)16-9-6-10-25-16/h4-10,12H,3,11H2,1-2H3. The zero-order chi connectivity index (χ0) is 18.5. The van der Waals surface area contributed by atoms with Gasteiger partial charge in [-0.05, 0) is 30.0 Å². The molecule has 0 atom stereocenters. The Balaban J connectivity index is 1.75. The number of aromatic nitrogens is 1. The van der Waals surface area contributed by atoms with E-state index in [1.807, 2.05) is 23.8 Å². The molecule has 0 radical (unpaired) electrons. The molecular weight excluding hydrogens is 368 g/mol. The van der Waals surface area contributed by atoms with Gasteiger partial charge in [0, 0.05) is 12.4 Å². The Bertz CT molecular complexity index is 903. The lowest BCUT2D eigenvalue weighted by Crippen LogP contribution is -2.27. The number of amides is 1. The highest BCUT2D eigenvalue weighted by atomic mass is 32.1. The second-order valence-electron chi connectivity index (χ2n) is 5.52. The van der Waals surface area contributed by atoms with Crippen LogP contribution in [-0.2, 0) is 17.8 Å². The zero-order valence-corrected chi connectivity index (χ0v) is 16.1. The van der Waals surface area contributed by atoms with Gasteiger partial charge >= 0.3 is 5.97 Å². The monoisotopic (exact) mass is 386 g/mol. The number of thiophene rings is 1. The molecule has 2 aromatic heterocycles. The third kappa shape index (κ3) is 4.00. The van der Waals surface area contributed by atoms with Crippen molar-refractivity contribution < 1.29 is 14.3 Å². The number of rotatable bonds is 6. The quantitative estimate of drug-likeness (QED) is 0.589. The Morgan fingerprint density at radius 3 is 2.65 bits per heavy atom. The molecule has 1 amide bonds. The van der Waals surface area contributed by atoms with E-state index in [1.165, 1.54) is 16.2 Å². The summed E-state index contributed by atoms with van der Waals surface area (Å²) in [6, 6.07) is 10.5. The van der Waals surface area contributed by atoms with Crippen molar-refractivity contribution in [2.24, 2.45) is 0 Å². The molecule has 0 saturated heterocycles. The fourth-order valence-electron chi connectivity index (χ4n) is 2.41. The number of carbonyl (C=O) groups excluding carboxylic acids is 2. The summed E-state index contributed by atoms with van der Waals surface area (Å²) in [5.74, 6) is -0.634. The highest BCUT2D eigenvalue weighted by Gasteiger charge is 2.21. The molecule has 26 heavy (non-hydrogen) atoms. The van der Waals surface area contributed by atoms with Crippen molar-refractivity contribution in [1.82, 2.24) is 4.98 Å². The third-order valence-electron chi connectivity index (χ3n) is 3.77. The molecule has 0 unspecified atom stereocenters. The zero-order valence-electron chi connectivity index (χ0n) is 14.5. The van der Waals surface area contributed by atoms with Crippen LogP contribution in [0.25, 0.3) is 0 Å². The van der Waals surface area contributed by atoms with Crippen molar-refractivity contribution in [3.63, 3.8) is 0 Å². The lowest BCUT2D eigenvalue weighted by Gasteiger charge is -2.19. The Labute approximate surface area is 159 Å². The van der Waals surface area contributed by atoms with Gasteiger partial charge in [-0.2, -0.15) is 0 Å². The van der Waals surface area contributed by atoms with Gasteiger partial charge in [-0.3, -0.25) is 4.79 Å². The summed E-state index contributed by atoms with van der Waals surface area (Å²) < 4.78 is 5.40. The minimum Gasteiger partial charge on any atom is -0.455 e. The van der Waals surface area contributed by atoms with E-state index >= 15 is 0 Å². The summed E-state index contributed by atoms with van der Waals surface area (Å²) in [6.45, 7) is 2.15. The largest absolute Gasteiger partial charge is 0.455 e. The fraction of sp³-hybridized carbons (Fsp3) is 0.211. The highest BCUT2D eigenvalue weighted by molar-refractivity contribution is 7.12. The number of esters is 1. The summed E-state index contributed by atoms with van der Waals surface area (Å²) in [5.41, 5.74) is 1.61. The van der Waals surface area contributed by atoms with Crippen LogP contribution < -0.4 is 4.90 Å². The van der Waals surface area contributed by atoms with E-state index in [-0.39, 0.29) is 12.5 Å². The molecule has 3 rings (SSSR count). The summed E-state index contributed by atoms with van der Waals surface area (Å²) in [6.07, 6.45) is 0.858. The van der Waals surface area contributed by atoms with Crippen LogP contribution in [0.4, 0.5) is 5.69 Å². The molecule has 7 heteroatoms. The van der Waals surface area contributed by atoms with Crippen molar-refractivity contribution in [3.8, 4) is 0 Å². The number of anilines is 1. The number of thiazole rings is 1. The van der Waals surface area contributed by atoms with E-state index in [1.54, 1.807) is 48.7 Å². The van der Waals surface area contributed by atoms with Crippen LogP contribution in [0.3, 0.4) is 0 Å². The Morgan fingerprint density at radius 1 is 1.15 bits per heavy atom. The maximum atomic E-state index is 12.6. The van der Waals surface area contributed by atoms with Gasteiger partial charge < -0.3 is 9.64 Å². The maximum absolute atomic E-state index is 12.6. The molecule has 0 bridgehead atoms. The molecule has 3 aromatic rings. The SMILES string of the molecule is CCc1nc(COC(=O)c2ccccc2N(C)C(=O)c2cccs2)cs1. The van der Waals surface area contributed by atoms with Gasteiger partial charge in [0.05, 0.1) is 26.8 Å². The molecule has 0 N–H and O–H groups in total. The number of carbonyl (C=O) groups is 2. The van der Waals surface area contributed by atoms with Crippen LogP contribution >= 0.6 is 22.7 Å². The van der Waals surface area contributed by atoms with Crippen LogP contribution in [-0.4, -0.2) is 23.9 Å².